The van der Waals surface area contributed by atoms with Gasteiger partial charge in [0.1, 0.15) is 18.5 Å². The minimum Gasteiger partial charge on any atom is -0.489 e. The van der Waals surface area contributed by atoms with Crippen LogP contribution in [0.1, 0.15) is 12.0 Å². The van der Waals surface area contributed by atoms with E-state index in [1.54, 1.807) is 18.6 Å². The molecule has 29 heavy (non-hydrogen) atoms. The van der Waals surface area contributed by atoms with Crippen LogP contribution in [0.5, 0.6) is 5.75 Å². The largest absolute Gasteiger partial charge is 0.489 e. The Bertz CT molecular complexity index is 918. The number of benzene rings is 2. The fourth-order valence-corrected chi connectivity index (χ4v) is 3.70. The molecule has 1 aromatic heterocycles. The molecule has 0 bridgehead atoms. The van der Waals surface area contributed by atoms with E-state index in [0.717, 1.165) is 11.4 Å². The van der Waals surface area contributed by atoms with Crippen molar-refractivity contribution in [2.45, 2.75) is 31.3 Å². The van der Waals surface area contributed by atoms with Crippen LogP contribution < -0.4 is 4.74 Å². The number of imidazole rings is 1. The predicted octanol–water partition coefficient (Wildman–Crippen LogP) is 5.01. The third-order valence-corrected chi connectivity index (χ3v) is 5.43. The summed E-state index contributed by atoms with van der Waals surface area (Å²) in [5.74, 6) is -0.0967. The van der Waals surface area contributed by atoms with E-state index >= 15 is 0 Å². The van der Waals surface area contributed by atoms with Crippen molar-refractivity contribution in [3.05, 3.63) is 82.9 Å². The van der Waals surface area contributed by atoms with Crippen LogP contribution in [0.3, 0.4) is 0 Å². The van der Waals surface area contributed by atoms with Crippen molar-refractivity contribution in [2.24, 2.45) is 0 Å². The lowest BCUT2D eigenvalue weighted by molar-refractivity contribution is -0.184. The number of para-hydroxylation sites is 1. The first-order chi connectivity index (χ1) is 14.1. The molecule has 0 saturated carbocycles. The molecule has 0 aliphatic carbocycles. The molecule has 1 fully saturated rings. The van der Waals surface area contributed by atoms with Crippen molar-refractivity contribution < 1.29 is 14.2 Å². The molecule has 2 aromatic carbocycles. The van der Waals surface area contributed by atoms with E-state index in [1.807, 2.05) is 53.2 Å². The number of halogens is 2. The monoisotopic (exact) mass is 432 g/mol. The van der Waals surface area contributed by atoms with E-state index in [4.69, 9.17) is 37.4 Å². The van der Waals surface area contributed by atoms with Gasteiger partial charge >= 0.3 is 0 Å². The predicted molar refractivity (Wildman–Crippen MR) is 113 cm³/mol. The SMILES string of the molecule is Clc1ccc(CCC2(Cn3ccnc3)OCC(COc3ccccc3Cl)O2)cc1. The fraction of sp³-hybridized carbons (Fsp3) is 0.318. The lowest BCUT2D eigenvalue weighted by atomic mass is 10.0. The van der Waals surface area contributed by atoms with Crippen molar-refractivity contribution in [1.82, 2.24) is 9.55 Å². The van der Waals surface area contributed by atoms with E-state index in [9.17, 15) is 0 Å². The highest BCUT2D eigenvalue weighted by molar-refractivity contribution is 6.32. The zero-order chi connectivity index (χ0) is 20.1. The molecule has 1 aliphatic heterocycles. The number of ether oxygens (including phenoxy) is 3. The van der Waals surface area contributed by atoms with Crippen LogP contribution in [-0.2, 0) is 22.4 Å². The minimum absolute atomic E-state index is 0.181. The molecule has 4 rings (SSSR count). The number of hydrogen-bond donors (Lipinski definition) is 0. The summed E-state index contributed by atoms with van der Waals surface area (Å²) < 4.78 is 20.4. The third-order valence-electron chi connectivity index (χ3n) is 4.87. The van der Waals surface area contributed by atoms with Crippen LogP contribution in [0.15, 0.2) is 67.3 Å². The first-order valence-corrected chi connectivity index (χ1v) is 10.3. The molecule has 1 saturated heterocycles. The number of rotatable bonds is 8. The average Bonchev–Trinajstić information content (AvgIpc) is 3.38. The van der Waals surface area contributed by atoms with E-state index in [-0.39, 0.29) is 6.10 Å². The van der Waals surface area contributed by atoms with Crippen molar-refractivity contribution >= 4 is 23.2 Å². The summed E-state index contributed by atoms with van der Waals surface area (Å²) in [6, 6.07) is 15.3. The highest BCUT2D eigenvalue weighted by Gasteiger charge is 2.42. The normalized spacial score (nSPS) is 21.4. The molecule has 2 atom stereocenters. The number of aryl methyl sites for hydroxylation is 1. The van der Waals surface area contributed by atoms with E-state index in [1.165, 1.54) is 5.56 Å². The molecule has 0 spiro atoms. The molecule has 0 radical (unpaired) electrons. The molecule has 2 heterocycles. The van der Waals surface area contributed by atoms with Crippen LogP contribution in [0.2, 0.25) is 10.0 Å². The molecule has 7 heteroatoms. The van der Waals surface area contributed by atoms with Crippen LogP contribution in [0, 0.1) is 0 Å². The molecular weight excluding hydrogens is 411 g/mol. The highest BCUT2D eigenvalue weighted by Crippen LogP contribution is 2.32. The second-order valence-corrected chi connectivity index (χ2v) is 7.91. The van der Waals surface area contributed by atoms with E-state index in [2.05, 4.69) is 4.98 Å². The van der Waals surface area contributed by atoms with Crippen molar-refractivity contribution in [3.63, 3.8) is 0 Å². The van der Waals surface area contributed by atoms with Gasteiger partial charge < -0.3 is 18.8 Å². The lowest BCUT2D eigenvalue weighted by Gasteiger charge is -2.28. The molecule has 3 aromatic rings. The molecule has 1 aliphatic rings. The standard InChI is InChI=1S/C22H22Cl2N2O3/c23-18-7-5-17(6-8-18)9-10-22(15-26-12-11-25-16-26)28-14-19(29-22)13-27-21-4-2-1-3-20(21)24/h1-8,11-12,16,19H,9-10,13-15H2. The quantitative estimate of drug-likeness (QED) is 0.501. The topological polar surface area (TPSA) is 45.5 Å². The summed E-state index contributed by atoms with van der Waals surface area (Å²) in [5, 5.41) is 1.31. The maximum absolute atomic E-state index is 6.36. The maximum atomic E-state index is 6.36. The second-order valence-electron chi connectivity index (χ2n) is 7.06. The summed E-state index contributed by atoms with van der Waals surface area (Å²) in [4.78, 5) is 4.13. The number of nitrogens with zero attached hydrogens (tertiary/aromatic N) is 2. The third kappa shape index (κ3) is 5.31. The number of hydrogen-bond acceptors (Lipinski definition) is 4. The Hall–Kier alpha value is -2.05. The number of aromatic nitrogens is 2. The molecule has 5 nitrogen and oxygen atoms in total. The molecular formula is C22H22Cl2N2O3. The van der Waals surface area contributed by atoms with Gasteiger partial charge in [-0.2, -0.15) is 0 Å². The van der Waals surface area contributed by atoms with Crippen molar-refractivity contribution in [1.29, 1.82) is 0 Å². The van der Waals surface area contributed by atoms with Crippen LogP contribution in [0.4, 0.5) is 0 Å². The van der Waals surface area contributed by atoms with Gasteiger partial charge in [0.25, 0.3) is 0 Å². The summed E-state index contributed by atoms with van der Waals surface area (Å²) in [7, 11) is 0. The van der Waals surface area contributed by atoms with Gasteiger partial charge in [-0.3, -0.25) is 0 Å². The van der Waals surface area contributed by atoms with Gasteiger partial charge in [-0.15, -0.1) is 0 Å². The second kappa shape index (κ2) is 9.18. The Balaban J connectivity index is 1.41. The van der Waals surface area contributed by atoms with Gasteiger partial charge in [-0.1, -0.05) is 47.5 Å². The average molecular weight is 433 g/mol. The van der Waals surface area contributed by atoms with Gasteiger partial charge in [0, 0.05) is 23.8 Å². The van der Waals surface area contributed by atoms with Gasteiger partial charge in [-0.25, -0.2) is 4.98 Å². The van der Waals surface area contributed by atoms with E-state index in [0.29, 0.717) is 37.0 Å². The summed E-state index contributed by atoms with van der Waals surface area (Å²) in [5.41, 5.74) is 1.18. The van der Waals surface area contributed by atoms with Gasteiger partial charge in [-0.05, 0) is 36.2 Å². The zero-order valence-electron chi connectivity index (χ0n) is 15.8. The summed E-state index contributed by atoms with van der Waals surface area (Å²) in [6.45, 7) is 1.39. The fourth-order valence-electron chi connectivity index (χ4n) is 3.38. The van der Waals surface area contributed by atoms with Crippen molar-refractivity contribution in [3.8, 4) is 5.75 Å². The summed E-state index contributed by atoms with van der Waals surface area (Å²) >= 11 is 12.2. The van der Waals surface area contributed by atoms with Crippen LogP contribution >= 0.6 is 23.2 Å². The van der Waals surface area contributed by atoms with Crippen molar-refractivity contribution in [2.75, 3.05) is 13.2 Å². The minimum atomic E-state index is -0.741. The Morgan fingerprint density at radius 3 is 2.72 bits per heavy atom. The Kier molecular flexibility index (Phi) is 6.40. The maximum Gasteiger partial charge on any atom is 0.187 e. The highest BCUT2D eigenvalue weighted by atomic mass is 35.5. The molecule has 0 amide bonds. The Labute approximate surface area is 180 Å². The van der Waals surface area contributed by atoms with Crippen LogP contribution in [-0.4, -0.2) is 34.7 Å². The molecule has 152 valence electrons. The van der Waals surface area contributed by atoms with Gasteiger partial charge in [0.2, 0.25) is 0 Å². The first-order valence-electron chi connectivity index (χ1n) is 9.51. The van der Waals surface area contributed by atoms with Crippen LogP contribution in [0.25, 0.3) is 0 Å². The molecule has 2 unspecified atom stereocenters. The smallest absolute Gasteiger partial charge is 0.187 e. The zero-order valence-corrected chi connectivity index (χ0v) is 17.4. The molecule has 0 N–H and O–H groups in total. The lowest BCUT2D eigenvalue weighted by Crippen LogP contribution is -2.37. The Morgan fingerprint density at radius 2 is 1.97 bits per heavy atom. The van der Waals surface area contributed by atoms with Gasteiger partial charge in [0.15, 0.2) is 5.79 Å². The van der Waals surface area contributed by atoms with Gasteiger partial charge in [0.05, 0.1) is 24.5 Å². The van der Waals surface area contributed by atoms with E-state index < -0.39 is 5.79 Å². The Morgan fingerprint density at radius 1 is 1.14 bits per heavy atom. The first kappa shape index (κ1) is 20.2. The summed E-state index contributed by atoms with van der Waals surface area (Å²) in [6.07, 6.45) is 6.76.